The van der Waals surface area contributed by atoms with Gasteiger partial charge in [-0.3, -0.25) is 4.98 Å². The average Bonchev–Trinajstić information content (AvgIpc) is 2.86. The second-order valence-electron chi connectivity index (χ2n) is 4.95. The Labute approximate surface area is 106 Å². The van der Waals surface area contributed by atoms with Crippen LogP contribution in [0.25, 0.3) is 0 Å². The van der Waals surface area contributed by atoms with E-state index in [0.29, 0.717) is 12.2 Å². The van der Waals surface area contributed by atoms with E-state index in [0.717, 1.165) is 25.7 Å². The van der Waals surface area contributed by atoms with Crippen LogP contribution in [0.15, 0.2) is 18.5 Å². The molecule has 1 heterocycles. The van der Waals surface area contributed by atoms with Gasteiger partial charge in [-0.25, -0.2) is 4.79 Å². The minimum atomic E-state index is -0.968. The molecule has 5 heteroatoms. The second-order valence-corrected chi connectivity index (χ2v) is 4.95. The first-order valence-corrected chi connectivity index (χ1v) is 6.19. The van der Waals surface area contributed by atoms with Crippen molar-refractivity contribution in [3.63, 3.8) is 0 Å². The molecule has 18 heavy (non-hydrogen) atoms. The molecule has 1 aromatic heterocycles. The van der Waals surface area contributed by atoms with Crippen LogP contribution in [0.2, 0.25) is 0 Å². The zero-order valence-corrected chi connectivity index (χ0v) is 10.2. The number of aromatic nitrogens is 1. The van der Waals surface area contributed by atoms with E-state index in [-0.39, 0.29) is 17.6 Å². The fourth-order valence-electron chi connectivity index (χ4n) is 2.52. The molecule has 0 saturated heterocycles. The summed E-state index contributed by atoms with van der Waals surface area (Å²) in [6.07, 6.45) is 7.20. The quantitative estimate of drug-likeness (QED) is 0.741. The summed E-state index contributed by atoms with van der Waals surface area (Å²) in [4.78, 5) is 15.0. The Morgan fingerprint density at radius 3 is 2.78 bits per heavy atom. The van der Waals surface area contributed by atoms with E-state index in [9.17, 15) is 9.90 Å². The van der Waals surface area contributed by atoms with E-state index in [1.54, 1.807) is 0 Å². The summed E-state index contributed by atoms with van der Waals surface area (Å²) in [5, 5.41) is 21.7. The van der Waals surface area contributed by atoms with Gasteiger partial charge in [-0.15, -0.1) is 0 Å². The lowest BCUT2D eigenvalue weighted by atomic mass is 9.87. The Balaban J connectivity index is 2.08. The first-order valence-electron chi connectivity index (χ1n) is 6.19. The molecule has 0 spiro atoms. The van der Waals surface area contributed by atoms with Gasteiger partial charge in [-0.1, -0.05) is 12.8 Å². The molecule has 5 nitrogen and oxygen atoms in total. The molecular formula is C13H18N2O3. The van der Waals surface area contributed by atoms with Crippen LogP contribution in [-0.2, 0) is 0 Å². The molecule has 0 unspecified atom stereocenters. The number of nitrogens with zero attached hydrogens (tertiary/aromatic N) is 1. The Kier molecular flexibility index (Phi) is 3.81. The van der Waals surface area contributed by atoms with Gasteiger partial charge in [0.1, 0.15) is 0 Å². The first kappa shape index (κ1) is 12.8. The van der Waals surface area contributed by atoms with Crippen LogP contribution in [0, 0.1) is 5.41 Å². The molecule has 98 valence electrons. The maximum Gasteiger partial charge on any atom is 0.337 e. The molecule has 1 aliphatic carbocycles. The number of hydrogen-bond donors (Lipinski definition) is 3. The molecule has 1 fully saturated rings. The monoisotopic (exact) mass is 250 g/mol. The van der Waals surface area contributed by atoms with E-state index in [1.807, 2.05) is 0 Å². The van der Waals surface area contributed by atoms with Gasteiger partial charge in [0.15, 0.2) is 0 Å². The van der Waals surface area contributed by atoms with E-state index in [4.69, 9.17) is 5.11 Å². The third-order valence-electron chi connectivity index (χ3n) is 3.70. The number of nitrogens with one attached hydrogen (secondary N) is 1. The topological polar surface area (TPSA) is 82.5 Å². The van der Waals surface area contributed by atoms with Gasteiger partial charge >= 0.3 is 5.97 Å². The van der Waals surface area contributed by atoms with E-state index < -0.39 is 5.97 Å². The predicted octanol–water partition coefficient (Wildman–Crippen LogP) is 1.74. The summed E-state index contributed by atoms with van der Waals surface area (Å²) < 4.78 is 0. The van der Waals surface area contributed by atoms with Crippen molar-refractivity contribution in [1.82, 2.24) is 4.98 Å². The number of carbonyl (C=O) groups is 1. The van der Waals surface area contributed by atoms with Crippen molar-refractivity contribution in [2.45, 2.75) is 25.7 Å². The van der Waals surface area contributed by atoms with Crippen molar-refractivity contribution in [2.75, 3.05) is 18.5 Å². The van der Waals surface area contributed by atoms with Crippen molar-refractivity contribution in [1.29, 1.82) is 0 Å². The van der Waals surface area contributed by atoms with Crippen LogP contribution in [-0.4, -0.2) is 34.3 Å². The predicted molar refractivity (Wildman–Crippen MR) is 67.7 cm³/mol. The summed E-state index contributed by atoms with van der Waals surface area (Å²) in [6, 6.07) is 1.48. The Morgan fingerprint density at radius 2 is 2.17 bits per heavy atom. The number of pyridine rings is 1. The number of hydrogen-bond acceptors (Lipinski definition) is 4. The number of rotatable bonds is 5. The summed E-state index contributed by atoms with van der Waals surface area (Å²) in [5.41, 5.74) is 0.631. The lowest BCUT2D eigenvalue weighted by Crippen LogP contribution is -2.31. The van der Waals surface area contributed by atoms with Crippen molar-refractivity contribution < 1.29 is 15.0 Å². The van der Waals surface area contributed by atoms with Gasteiger partial charge < -0.3 is 15.5 Å². The number of carboxylic acids is 1. The number of aromatic carboxylic acids is 1. The third-order valence-corrected chi connectivity index (χ3v) is 3.70. The highest BCUT2D eigenvalue weighted by atomic mass is 16.4. The molecule has 0 atom stereocenters. The Hall–Kier alpha value is -1.62. The van der Waals surface area contributed by atoms with E-state index in [1.165, 1.54) is 18.5 Å². The van der Waals surface area contributed by atoms with Crippen molar-refractivity contribution in [3.05, 3.63) is 24.0 Å². The highest BCUT2D eigenvalue weighted by Gasteiger charge is 2.33. The molecule has 1 saturated carbocycles. The summed E-state index contributed by atoms with van der Waals surface area (Å²) in [6.45, 7) is 0.734. The number of carboxylic acid groups (broad SMARTS) is 1. The van der Waals surface area contributed by atoms with Gasteiger partial charge in [-0.05, 0) is 18.9 Å². The molecule has 0 aromatic carbocycles. The third kappa shape index (κ3) is 2.61. The van der Waals surface area contributed by atoms with Crippen molar-refractivity contribution in [3.8, 4) is 0 Å². The molecule has 0 bridgehead atoms. The molecule has 3 N–H and O–H groups in total. The maximum atomic E-state index is 11.1. The summed E-state index contributed by atoms with van der Waals surface area (Å²) in [5.74, 6) is -0.968. The highest BCUT2D eigenvalue weighted by Crippen LogP contribution is 2.37. The van der Waals surface area contributed by atoms with Crippen LogP contribution in [0.1, 0.15) is 36.0 Å². The lowest BCUT2D eigenvalue weighted by molar-refractivity contribution is 0.0697. The molecular weight excluding hydrogens is 232 g/mol. The minimum absolute atomic E-state index is 0.106. The molecule has 1 aromatic rings. The van der Waals surface area contributed by atoms with Crippen LogP contribution < -0.4 is 5.32 Å². The molecule has 2 rings (SSSR count). The zero-order chi connectivity index (χ0) is 13.0. The SMILES string of the molecule is O=C(O)c1ccncc1NCC1(CO)CCCC1. The van der Waals surface area contributed by atoms with Crippen LogP contribution in [0.5, 0.6) is 0 Å². The number of anilines is 1. The van der Waals surface area contributed by atoms with Gasteiger partial charge in [0.05, 0.1) is 24.1 Å². The van der Waals surface area contributed by atoms with Crippen LogP contribution in [0.4, 0.5) is 5.69 Å². The second kappa shape index (κ2) is 5.35. The smallest absolute Gasteiger partial charge is 0.337 e. The maximum absolute atomic E-state index is 11.1. The molecule has 0 radical (unpaired) electrons. The summed E-state index contributed by atoms with van der Waals surface area (Å²) >= 11 is 0. The Bertz CT molecular complexity index is 428. The van der Waals surface area contributed by atoms with Crippen molar-refractivity contribution in [2.24, 2.45) is 5.41 Å². The standard InChI is InChI=1S/C13H18N2O3/c16-9-13(4-1-2-5-13)8-15-11-7-14-6-3-10(11)12(17)18/h3,6-7,15-16H,1-2,4-5,8-9H2,(H,17,18). The van der Waals surface area contributed by atoms with Crippen molar-refractivity contribution >= 4 is 11.7 Å². The fraction of sp³-hybridized carbons (Fsp3) is 0.538. The molecule has 0 amide bonds. The largest absolute Gasteiger partial charge is 0.478 e. The average molecular weight is 250 g/mol. The van der Waals surface area contributed by atoms with Gasteiger partial charge in [0.2, 0.25) is 0 Å². The van der Waals surface area contributed by atoms with Crippen LogP contribution >= 0.6 is 0 Å². The Morgan fingerprint density at radius 1 is 1.44 bits per heavy atom. The van der Waals surface area contributed by atoms with Gasteiger partial charge in [0.25, 0.3) is 0 Å². The summed E-state index contributed by atoms with van der Waals surface area (Å²) in [7, 11) is 0. The normalized spacial score (nSPS) is 17.6. The first-order chi connectivity index (χ1) is 8.67. The number of aliphatic hydroxyl groups excluding tert-OH is 1. The number of aliphatic hydroxyl groups is 1. The lowest BCUT2D eigenvalue weighted by Gasteiger charge is -2.27. The molecule has 0 aliphatic heterocycles. The highest BCUT2D eigenvalue weighted by molar-refractivity contribution is 5.93. The van der Waals surface area contributed by atoms with E-state index in [2.05, 4.69) is 10.3 Å². The zero-order valence-electron chi connectivity index (χ0n) is 10.2. The van der Waals surface area contributed by atoms with E-state index >= 15 is 0 Å². The minimum Gasteiger partial charge on any atom is -0.478 e. The van der Waals surface area contributed by atoms with Gasteiger partial charge in [-0.2, -0.15) is 0 Å². The van der Waals surface area contributed by atoms with Gasteiger partial charge in [0, 0.05) is 18.2 Å². The fourth-order valence-corrected chi connectivity index (χ4v) is 2.52. The molecule has 1 aliphatic rings. The van der Waals surface area contributed by atoms with Crippen LogP contribution in [0.3, 0.4) is 0 Å².